The molecule has 1 saturated carbocycles. The third-order valence-corrected chi connectivity index (χ3v) is 3.26. The van der Waals surface area contributed by atoms with E-state index >= 15 is 0 Å². The summed E-state index contributed by atoms with van der Waals surface area (Å²) in [4.78, 5) is 23.4. The highest BCUT2D eigenvalue weighted by molar-refractivity contribution is 5.81. The molecule has 7 heteroatoms. The van der Waals surface area contributed by atoms with Crippen LogP contribution in [0.2, 0.25) is 0 Å². The van der Waals surface area contributed by atoms with Gasteiger partial charge in [-0.25, -0.2) is 18.4 Å². The second kappa shape index (κ2) is 7.04. The van der Waals surface area contributed by atoms with E-state index in [0.717, 1.165) is 0 Å². The number of methoxy groups -OCH3 is 1. The number of halogens is 2. The summed E-state index contributed by atoms with van der Waals surface area (Å²) in [5, 5.41) is 2.40. The first-order valence-electron chi connectivity index (χ1n) is 6.98. The van der Waals surface area contributed by atoms with Gasteiger partial charge < -0.3 is 14.8 Å². The predicted octanol–water partition coefficient (Wildman–Crippen LogP) is 2.53. The molecule has 1 amide bonds. The molecule has 1 fully saturated rings. The van der Waals surface area contributed by atoms with Gasteiger partial charge in [0, 0.05) is 0 Å². The average molecular weight is 307 g/mol. The lowest BCUT2D eigenvalue weighted by atomic mass is 9.98. The lowest BCUT2D eigenvalue weighted by Gasteiger charge is -2.23. The molecule has 0 spiro atoms. The zero-order chi connectivity index (χ0) is 16.2. The Morgan fingerprint density at radius 3 is 2.19 bits per heavy atom. The van der Waals surface area contributed by atoms with Crippen LogP contribution in [0.15, 0.2) is 0 Å². The Hall–Kier alpha value is -1.40. The van der Waals surface area contributed by atoms with Gasteiger partial charge in [0.1, 0.15) is 24.0 Å². The van der Waals surface area contributed by atoms with Gasteiger partial charge >= 0.3 is 12.1 Å². The molecule has 0 aromatic carbocycles. The van der Waals surface area contributed by atoms with E-state index in [2.05, 4.69) is 10.1 Å². The van der Waals surface area contributed by atoms with Crippen LogP contribution >= 0.6 is 0 Å². The molecule has 0 bridgehead atoms. The summed E-state index contributed by atoms with van der Waals surface area (Å²) in [6.07, 6.45) is -3.55. The quantitative estimate of drug-likeness (QED) is 0.811. The maximum absolute atomic E-state index is 13.2. The molecule has 0 saturated heterocycles. The van der Waals surface area contributed by atoms with Gasteiger partial charge in [-0.2, -0.15) is 0 Å². The number of alkyl halides is 2. The Morgan fingerprint density at radius 2 is 1.76 bits per heavy atom. The van der Waals surface area contributed by atoms with Crippen LogP contribution in [-0.4, -0.2) is 43.2 Å². The number of rotatable bonds is 4. The van der Waals surface area contributed by atoms with Crippen molar-refractivity contribution in [1.29, 1.82) is 0 Å². The molecule has 21 heavy (non-hydrogen) atoms. The summed E-state index contributed by atoms with van der Waals surface area (Å²) in [5.41, 5.74) is -0.702. The molecule has 0 aliphatic heterocycles. The molecule has 1 rings (SSSR count). The molecule has 0 aromatic heterocycles. The number of amides is 1. The first-order valence-corrected chi connectivity index (χ1v) is 6.98. The summed E-state index contributed by atoms with van der Waals surface area (Å²) in [6.45, 7) is 5.08. The lowest BCUT2D eigenvalue weighted by molar-refractivity contribution is -0.143. The van der Waals surface area contributed by atoms with E-state index < -0.39 is 36.0 Å². The molecular formula is C14H23F2NO4. The molecule has 1 unspecified atom stereocenters. The van der Waals surface area contributed by atoms with E-state index in [1.807, 2.05) is 0 Å². The number of nitrogens with one attached hydrogen (secondary N) is 1. The smallest absolute Gasteiger partial charge is 0.408 e. The van der Waals surface area contributed by atoms with Crippen LogP contribution in [0.4, 0.5) is 13.6 Å². The van der Waals surface area contributed by atoms with E-state index in [4.69, 9.17) is 4.74 Å². The SMILES string of the molecule is COC(=O)[C@H](CC1C[C@@H](F)[C@@H](F)C1)NC(=O)OC(C)(C)C. The van der Waals surface area contributed by atoms with Gasteiger partial charge in [0.05, 0.1) is 7.11 Å². The maximum atomic E-state index is 13.2. The van der Waals surface area contributed by atoms with Crippen molar-refractivity contribution >= 4 is 12.1 Å². The number of ether oxygens (including phenoxy) is 2. The zero-order valence-corrected chi connectivity index (χ0v) is 12.8. The van der Waals surface area contributed by atoms with Gasteiger partial charge in [-0.15, -0.1) is 0 Å². The van der Waals surface area contributed by atoms with Crippen molar-refractivity contribution in [3.63, 3.8) is 0 Å². The lowest BCUT2D eigenvalue weighted by Crippen LogP contribution is -2.44. The highest BCUT2D eigenvalue weighted by Crippen LogP contribution is 2.33. The predicted molar refractivity (Wildman–Crippen MR) is 72.3 cm³/mol. The largest absolute Gasteiger partial charge is 0.467 e. The van der Waals surface area contributed by atoms with E-state index in [0.29, 0.717) is 0 Å². The number of esters is 1. The van der Waals surface area contributed by atoms with Gasteiger partial charge in [0.2, 0.25) is 0 Å². The summed E-state index contributed by atoms with van der Waals surface area (Å²) in [6, 6.07) is -0.965. The number of hydrogen-bond acceptors (Lipinski definition) is 4. The van der Waals surface area contributed by atoms with Crippen LogP contribution < -0.4 is 5.32 Å². The summed E-state index contributed by atoms with van der Waals surface area (Å²) in [5.74, 6) is -0.965. The molecule has 122 valence electrons. The molecule has 1 aliphatic rings. The number of carbonyl (C=O) groups is 2. The minimum Gasteiger partial charge on any atom is -0.467 e. The fourth-order valence-electron chi connectivity index (χ4n) is 2.36. The van der Waals surface area contributed by atoms with E-state index in [1.54, 1.807) is 20.8 Å². The second-order valence-electron chi connectivity index (χ2n) is 6.33. The summed E-state index contributed by atoms with van der Waals surface area (Å²) in [7, 11) is 1.19. The van der Waals surface area contributed by atoms with Crippen LogP contribution in [-0.2, 0) is 14.3 Å². The molecule has 5 nitrogen and oxygen atoms in total. The minimum atomic E-state index is -1.50. The zero-order valence-electron chi connectivity index (χ0n) is 12.8. The van der Waals surface area contributed by atoms with Crippen molar-refractivity contribution in [2.24, 2.45) is 5.92 Å². The van der Waals surface area contributed by atoms with Crippen molar-refractivity contribution in [2.75, 3.05) is 7.11 Å². The monoisotopic (exact) mass is 307 g/mol. The first kappa shape index (κ1) is 17.7. The Kier molecular flexibility index (Phi) is 5.92. The van der Waals surface area contributed by atoms with E-state index in [9.17, 15) is 18.4 Å². The normalized spacial score (nSPS) is 27.0. The Balaban J connectivity index is 2.60. The number of alkyl carbamates (subject to hydrolysis) is 1. The van der Waals surface area contributed by atoms with Crippen LogP contribution in [0.5, 0.6) is 0 Å². The molecule has 0 heterocycles. The molecule has 0 radical (unpaired) electrons. The summed E-state index contributed by atoms with van der Waals surface area (Å²) < 4.78 is 36.0. The van der Waals surface area contributed by atoms with Gasteiger partial charge in [0.25, 0.3) is 0 Å². The van der Waals surface area contributed by atoms with E-state index in [-0.39, 0.29) is 25.2 Å². The third-order valence-electron chi connectivity index (χ3n) is 3.26. The molecule has 1 aliphatic carbocycles. The van der Waals surface area contributed by atoms with Crippen LogP contribution in [0, 0.1) is 5.92 Å². The van der Waals surface area contributed by atoms with E-state index in [1.165, 1.54) is 7.11 Å². The van der Waals surface area contributed by atoms with Crippen molar-refractivity contribution < 1.29 is 27.8 Å². The second-order valence-corrected chi connectivity index (χ2v) is 6.33. The summed E-state index contributed by atoms with van der Waals surface area (Å²) >= 11 is 0. The Bertz CT molecular complexity index is 374. The average Bonchev–Trinajstić information content (AvgIpc) is 2.64. The first-order chi connectivity index (χ1) is 9.62. The topological polar surface area (TPSA) is 64.6 Å². The highest BCUT2D eigenvalue weighted by atomic mass is 19.2. The Morgan fingerprint density at radius 1 is 1.24 bits per heavy atom. The van der Waals surface area contributed by atoms with Gasteiger partial charge in [-0.3, -0.25) is 0 Å². The highest BCUT2D eigenvalue weighted by Gasteiger charge is 2.37. The fourth-order valence-corrected chi connectivity index (χ4v) is 2.36. The van der Waals surface area contributed by atoms with Crippen molar-refractivity contribution in [1.82, 2.24) is 5.32 Å². The van der Waals surface area contributed by atoms with Gasteiger partial charge in [-0.05, 0) is 46.0 Å². The van der Waals surface area contributed by atoms with Gasteiger partial charge in [0.15, 0.2) is 0 Å². The van der Waals surface area contributed by atoms with Crippen LogP contribution in [0.1, 0.15) is 40.0 Å². The standard InChI is InChI=1S/C14H23F2NO4/c1-14(2,3)21-13(19)17-11(12(18)20-4)7-8-5-9(15)10(16)6-8/h8-11H,5-7H2,1-4H3,(H,17,19)/t8?,9-,10+,11-/m0/s1. The molecule has 4 atom stereocenters. The van der Waals surface area contributed by atoms with Gasteiger partial charge in [-0.1, -0.05) is 0 Å². The number of hydrogen-bond donors (Lipinski definition) is 1. The van der Waals surface area contributed by atoms with Crippen LogP contribution in [0.3, 0.4) is 0 Å². The Labute approximate surface area is 123 Å². The fraction of sp³-hybridized carbons (Fsp3) is 0.857. The number of carbonyl (C=O) groups excluding carboxylic acids is 2. The van der Waals surface area contributed by atoms with Crippen molar-refractivity contribution in [2.45, 2.75) is 64.0 Å². The maximum Gasteiger partial charge on any atom is 0.408 e. The van der Waals surface area contributed by atoms with Crippen LogP contribution in [0.25, 0.3) is 0 Å². The molecular weight excluding hydrogens is 284 g/mol. The van der Waals surface area contributed by atoms with Crippen molar-refractivity contribution in [3.8, 4) is 0 Å². The minimum absolute atomic E-state index is 0.0463. The van der Waals surface area contributed by atoms with Crippen molar-refractivity contribution in [3.05, 3.63) is 0 Å². The molecule has 0 aromatic rings. The molecule has 1 N–H and O–H groups in total. The third kappa shape index (κ3) is 5.85.